The molecule has 140 valence electrons. The molecule has 0 saturated heterocycles. The molecule has 0 spiro atoms. The molecule has 3 aromatic carbocycles. The van der Waals surface area contributed by atoms with Gasteiger partial charge in [-0.1, -0.05) is 59.6 Å². The standard InChI is InChI=1S/C21H14Cl2N2O2S/c22-16-7-8-17(23)19(10-16)27-11-20(26)25-21-24-18(12-28-21)15-6-5-13-3-1-2-4-14(13)9-15/h1-10,12H,11H2,(H,24,25,26). The molecular formula is C21H14Cl2N2O2S. The van der Waals surface area contributed by atoms with E-state index < -0.39 is 0 Å². The van der Waals surface area contributed by atoms with Gasteiger partial charge in [-0.25, -0.2) is 4.98 Å². The van der Waals surface area contributed by atoms with Crippen molar-refractivity contribution in [3.63, 3.8) is 0 Å². The van der Waals surface area contributed by atoms with Gasteiger partial charge in [0.25, 0.3) is 5.91 Å². The van der Waals surface area contributed by atoms with E-state index in [1.165, 1.54) is 16.7 Å². The van der Waals surface area contributed by atoms with Crippen LogP contribution in [0.5, 0.6) is 5.75 Å². The lowest BCUT2D eigenvalue weighted by atomic mass is 10.1. The van der Waals surface area contributed by atoms with Gasteiger partial charge in [0, 0.05) is 22.0 Å². The number of benzene rings is 3. The smallest absolute Gasteiger partial charge is 0.264 e. The first-order chi connectivity index (χ1) is 13.6. The fraction of sp³-hybridized carbons (Fsp3) is 0.0476. The quantitative estimate of drug-likeness (QED) is 0.406. The summed E-state index contributed by atoms with van der Waals surface area (Å²) in [7, 11) is 0. The van der Waals surface area contributed by atoms with Gasteiger partial charge in [-0.15, -0.1) is 11.3 Å². The molecule has 0 radical (unpaired) electrons. The second kappa shape index (κ2) is 8.19. The summed E-state index contributed by atoms with van der Waals surface area (Å²) in [5.74, 6) is 0.0377. The molecular weight excluding hydrogens is 415 g/mol. The number of hydrogen-bond donors (Lipinski definition) is 1. The maximum absolute atomic E-state index is 12.2. The van der Waals surface area contributed by atoms with Crippen LogP contribution < -0.4 is 10.1 Å². The van der Waals surface area contributed by atoms with Crippen molar-refractivity contribution < 1.29 is 9.53 Å². The van der Waals surface area contributed by atoms with Gasteiger partial charge in [0.15, 0.2) is 11.7 Å². The van der Waals surface area contributed by atoms with Crippen LogP contribution >= 0.6 is 34.5 Å². The maximum atomic E-state index is 12.2. The first kappa shape index (κ1) is 18.7. The van der Waals surface area contributed by atoms with Gasteiger partial charge < -0.3 is 4.74 Å². The van der Waals surface area contributed by atoms with Gasteiger partial charge in [-0.3, -0.25) is 10.1 Å². The molecule has 0 aliphatic heterocycles. The second-order valence-electron chi connectivity index (χ2n) is 6.01. The van der Waals surface area contributed by atoms with Crippen molar-refractivity contribution in [2.75, 3.05) is 11.9 Å². The summed E-state index contributed by atoms with van der Waals surface area (Å²) in [6.07, 6.45) is 0. The first-order valence-corrected chi connectivity index (χ1v) is 10.0. The van der Waals surface area contributed by atoms with Crippen LogP contribution in [0.1, 0.15) is 0 Å². The van der Waals surface area contributed by atoms with Gasteiger partial charge in [0.05, 0.1) is 10.7 Å². The Bertz CT molecular complexity index is 1160. The van der Waals surface area contributed by atoms with E-state index in [-0.39, 0.29) is 12.5 Å². The molecule has 4 aromatic rings. The third-order valence-corrected chi connectivity index (χ3v) is 5.35. The highest BCUT2D eigenvalue weighted by Gasteiger charge is 2.11. The van der Waals surface area contributed by atoms with Crippen LogP contribution in [-0.4, -0.2) is 17.5 Å². The topological polar surface area (TPSA) is 51.2 Å². The average Bonchev–Trinajstić information content (AvgIpc) is 3.16. The molecule has 1 heterocycles. The van der Waals surface area contributed by atoms with Crippen LogP contribution in [0.15, 0.2) is 66.0 Å². The number of nitrogens with zero attached hydrogens (tertiary/aromatic N) is 1. The molecule has 0 atom stereocenters. The number of anilines is 1. The van der Waals surface area contributed by atoms with E-state index in [2.05, 4.69) is 34.6 Å². The summed E-state index contributed by atoms with van der Waals surface area (Å²) < 4.78 is 5.44. The molecule has 0 aliphatic carbocycles. The van der Waals surface area contributed by atoms with E-state index in [4.69, 9.17) is 27.9 Å². The summed E-state index contributed by atoms with van der Waals surface area (Å²) in [6.45, 7) is -0.190. The van der Waals surface area contributed by atoms with Crippen LogP contribution in [-0.2, 0) is 4.79 Å². The summed E-state index contributed by atoms with van der Waals surface area (Å²) in [6, 6.07) is 19.2. The summed E-state index contributed by atoms with van der Waals surface area (Å²) >= 11 is 13.3. The number of carbonyl (C=O) groups excluding carboxylic acids is 1. The number of amides is 1. The summed E-state index contributed by atoms with van der Waals surface area (Å²) in [5.41, 5.74) is 1.81. The number of thiazole rings is 1. The van der Waals surface area contributed by atoms with Crippen molar-refractivity contribution in [1.29, 1.82) is 0 Å². The van der Waals surface area contributed by atoms with E-state index in [1.54, 1.807) is 18.2 Å². The molecule has 4 nitrogen and oxygen atoms in total. The Morgan fingerprint density at radius 2 is 1.86 bits per heavy atom. The minimum Gasteiger partial charge on any atom is -0.482 e. The van der Waals surface area contributed by atoms with Crippen LogP contribution in [0.3, 0.4) is 0 Å². The third kappa shape index (κ3) is 4.28. The highest BCUT2D eigenvalue weighted by atomic mass is 35.5. The molecule has 0 aliphatic rings. The Labute approximate surface area is 175 Å². The van der Waals surface area contributed by atoms with Crippen molar-refractivity contribution in [1.82, 2.24) is 4.98 Å². The first-order valence-electron chi connectivity index (χ1n) is 8.41. The zero-order valence-corrected chi connectivity index (χ0v) is 16.8. The SMILES string of the molecule is O=C(COc1cc(Cl)ccc1Cl)Nc1nc(-c2ccc3ccccc3c2)cs1. The van der Waals surface area contributed by atoms with Gasteiger partial charge in [0.2, 0.25) is 0 Å². The van der Waals surface area contributed by atoms with Crippen LogP contribution in [0.4, 0.5) is 5.13 Å². The van der Waals surface area contributed by atoms with Crippen molar-refractivity contribution >= 4 is 56.3 Å². The van der Waals surface area contributed by atoms with Crippen molar-refractivity contribution in [3.8, 4) is 17.0 Å². The van der Waals surface area contributed by atoms with E-state index in [0.717, 1.165) is 16.6 Å². The molecule has 7 heteroatoms. The monoisotopic (exact) mass is 428 g/mol. The molecule has 28 heavy (non-hydrogen) atoms. The minimum absolute atomic E-state index is 0.190. The number of carbonyl (C=O) groups is 1. The molecule has 0 fully saturated rings. The average molecular weight is 429 g/mol. The maximum Gasteiger partial charge on any atom is 0.264 e. The highest BCUT2D eigenvalue weighted by Crippen LogP contribution is 2.29. The van der Waals surface area contributed by atoms with E-state index in [0.29, 0.717) is 20.9 Å². The van der Waals surface area contributed by atoms with E-state index >= 15 is 0 Å². The normalized spacial score (nSPS) is 10.8. The second-order valence-corrected chi connectivity index (χ2v) is 7.71. The summed E-state index contributed by atoms with van der Waals surface area (Å²) in [4.78, 5) is 16.7. The lowest BCUT2D eigenvalue weighted by Crippen LogP contribution is -2.20. The Morgan fingerprint density at radius 1 is 1.04 bits per heavy atom. The van der Waals surface area contributed by atoms with Crippen molar-refractivity contribution in [2.45, 2.75) is 0 Å². The highest BCUT2D eigenvalue weighted by molar-refractivity contribution is 7.14. The lowest BCUT2D eigenvalue weighted by molar-refractivity contribution is -0.118. The molecule has 0 saturated carbocycles. The predicted octanol–water partition coefficient (Wildman–Crippen LogP) is 6.29. The van der Waals surface area contributed by atoms with E-state index in [9.17, 15) is 4.79 Å². The number of halogens is 2. The molecule has 1 aromatic heterocycles. The lowest BCUT2D eigenvalue weighted by Gasteiger charge is -2.07. The molecule has 1 N–H and O–H groups in total. The van der Waals surface area contributed by atoms with Crippen molar-refractivity contribution in [2.24, 2.45) is 0 Å². The Kier molecular flexibility index (Phi) is 5.48. The fourth-order valence-corrected chi connectivity index (χ4v) is 3.77. The number of aromatic nitrogens is 1. The molecule has 0 unspecified atom stereocenters. The number of fused-ring (bicyclic) bond motifs is 1. The van der Waals surface area contributed by atoms with Crippen LogP contribution in [0, 0.1) is 0 Å². The fourth-order valence-electron chi connectivity index (χ4n) is 2.70. The largest absolute Gasteiger partial charge is 0.482 e. The zero-order chi connectivity index (χ0) is 19.5. The van der Waals surface area contributed by atoms with Gasteiger partial charge in [-0.2, -0.15) is 0 Å². The molecule has 4 rings (SSSR count). The van der Waals surface area contributed by atoms with E-state index in [1.807, 2.05) is 23.6 Å². The number of hydrogen-bond acceptors (Lipinski definition) is 4. The molecule has 1 amide bonds. The molecule has 0 bridgehead atoms. The Balaban J connectivity index is 1.42. The summed E-state index contributed by atoms with van der Waals surface area (Å²) in [5, 5.41) is 8.36. The predicted molar refractivity (Wildman–Crippen MR) is 116 cm³/mol. The third-order valence-electron chi connectivity index (χ3n) is 4.05. The Hall–Kier alpha value is -2.60. The van der Waals surface area contributed by atoms with Crippen LogP contribution in [0.2, 0.25) is 10.0 Å². The van der Waals surface area contributed by atoms with Crippen LogP contribution in [0.25, 0.3) is 22.0 Å². The minimum atomic E-state index is -0.324. The number of rotatable bonds is 5. The number of ether oxygens (including phenoxy) is 1. The Morgan fingerprint density at radius 3 is 2.71 bits per heavy atom. The zero-order valence-electron chi connectivity index (χ0n) is 14.5. The van der Waals surface area contributed by atoms with Crippen molar-refractivity contribution in [3.05, 3.63) is 76.1 Å². The van der Waals surface area contributed by atoms with Gasteiger partial charge in [-0.05, 0) is 29.0 Å². The number of nitrogens with one attached hydrogen (secondary N) is 1. The van der Waals surface area contributed by atoms with Gasteiger partial charge in [0.1, 0.15) is 5.75 Å². The van der Waals surface area contributed by atoms with Gasteiger partial charge >= 0.3 is 0 Å².